The molecule has 0 spiro atoms. The number of amides is 1. The van der Waals surface area contributed by atoms with Crippen LogP contribution in [-0.2, 0) is 11.2 Å². The number of benzene rings is 2. The number of piperidine rings is 3. The average Bonchev–Trinajstić information content (AvgIpc) is 2.85. The molecule has 0 saturated carbocycles. The number of hydrogen-bond donors (Lipinski definition) is 1. The second-order valence-corrected chi connectivity index (χ2v) is 10.6. The first-order valence-corrected chi connectivity index (χ1v) is 12.4. The number of para-hydroxylation sites is 1. The number of carbonyl (C=O) groups excluding carboxylic acids is 1. The van der Waals surface area contributed by atoms with Gasteiger partial charge in [0.05, 0.1) is 20.3 Å². The van der Waals surface area contributed by atoms with E-state index in [1.165, 1.54) is 11.1 Å². The number of fused-ring (bicyclic) bond motifs is 4. The highest BCUT2D eigenvalue weighted by molar-refractivity contribution is 5.75. The van der Waals surface area contributed by atoms with Crippen molar-refractivity contribution in [1.82, 2.24) is 10.2 Å². The van der Waals surface area contributed by atoms with Gasteiger partial charge in [0, 0.05) is 12.1 Å². The maximum absolute atomic E-state index is 13.0. The number of methoxy groups -OCH3 is 2. The van der Waals surface area contributed by atoms with Gasteiger partial charge in [-0.15, -0.1) is 0 Å². The number of nitrogens with zero attached hydrogens (tertiary/aromatic N) is 1. The lowest BCUT2D eigenvalue weighted by Crippen LogP contribution is -2.53. The van der Waals surface area contributed by atoms with Gasteiger partial charge in [-0.3, -0.25) is 4.90 Å². The molecule has 0 aromatic heterocycles. The van der Waals surface area contributed by atoms with Crippen LogP contribution in [0.25, 0.3) is 11.1 Å². The van der Waals surface area contributed by atoms with Crippen LogP contribution in [0.4, 0.5) is 4.79 Å². The molecule has 34 heavy (non-hydrogen) atoms. The molecule has 1 N–H and O–H groups in total. The van der Waals surface area contributed by atoms with Crippen molar-refractivity contribution in [3.63, 3.8) is 0 Å². The van der Waals surface area contributed by atoms with E-state index in [0.29, 0.717) is 11.7 Å². The number of rotatable bonds is 5. The van der Waals surface area contributed by atoms with Gasteiger partial charge in [0.25, 0.3) is 0 Å². The van der Waals surface area contributed by atoms with Crippen LogP contribution < -0.4 is 14.8 Å². The van der Waals surface area contributed by atoms with Crippen LogP contribution in [0, 0.1) is 11.3 Å². The van der Waals surface area contributed by atoms with Crippen molar-refractivity contribution in [2.24, 2.45) is 11.3 Å². The Morgan fingerprint density at radius 2 is 1.88 bits per heavy atom. The molecule has 4 aliphatic rings. The number of carbonyl (C=O) groups is 1. The number of hydrogen-bond acceptors (Lipinski definition) is 5. The summed E-state index contributed by atoms with van der Waals surface area (Å²) >= 11 is 0. The molecule has 1 unspecified atom stereocenters. The second kappa shape index (κ2) is 9.14. The molecule has 3 saturated heterocycles. The molecule has 6 heteroatoms. The monoisotopic (exact) mass is 464 g/mol. The molecule has 2 aromatic rings. The van der Waals surface area contributed by atoms with Crippen molar-refractivity contribution < 1.29 is 19.0 Å². The second-order valence-electron chi connectivity index (χ2n) is 10.6. The van der Waals surface area contributed by atoms with Crippen LogP contribution in [0.1, 0.15) is 50.3 Å². The van der Waals surface area contributed by atoms with E-state index in [1.54, 1.807) is 14.2 Å². The lowest BCUT2D eigenvalue weighted by atomic mass is 9.70. The molecule has 3 fully saturated rings. The van der Waals surface area contributed by atoms with Crippen LogP contribution in [0.2, 0.25) is 0 Å². The Labute approximate surface area is 202 Å². The molecule has 3 heterocycles. The summed E-state index contributed by atoms with van der Waals surface area (Å²) in [6, 6.07) is 12.4. The van der Waals surface area contributed by atoms with Crippen LogP contribution in [0.5, 0.6) is 11.5 Å². The average molecular weight is 465 g/mol. The lowest BCUT2D eigenvalue weighted by molar-refractivity contribution is -0.0353. The summed E-state index contributed by atoms with van der Waals surface area (Å²) in [7, 11) is 3.32. The van der Waals surface area contributed by atoms with E-state index in [0.717, 1.165) is 62.2 Å². The maximum Gasteiger partial charge on any atom is 0.407 e. The topological polar surface area (TPSA) is 60.0 Å². The van der Waals surface area contributed by atoms with E-state index in [9.17, 15) is 4.79 Å². The van der Waals surface area contributed by atoms with Gasteiger partial charge in [-0.05, 0) is 72.9 Å². The summed E-state index contributed by atoms with van der Waals surface area (Å²) in [6.45, 7) is 7.60. The predicted molar refractivity (Wildman–Crippen MR) is 132 cm³/mol. The van der Waals surface area contributed by atoms with Crippen molar-refractivity contribution >= 4 is 6.09 Å². The Morgan fingerprint density at radius 3 is 2.56 bits per heavy atom. The fourth-order valence-electron chi connectivity index (χ4n) is 6.01. The maximum atomic E-state index is 13.0. The van der Waals surface area contributed by atoms with Gasteiger partial charge < -0.3 is 19.5 Å². The quantitative estimate of drug-likeness (QED) is 0.659. The molecule has 0 radical (unpaired) electrons. The molecule has 6 nitrogen and oxygen atoms in total. The fraction of sp³-hybridized carbons (Fsp3) is 0.536. The van der Waals surface area contributed by atoms with E-state index < -0.39 is 0 Å². The Kier molecular flexibility index (Phi) is 6.19. The minimum Gasteiger partial charge on any atom is -0.493 e. The molecule has 3 aliphatic heterocycles. The van der Waals surface area contributed by atoms with Crippen molar-refractivity contribution in [2.45, 2.75) is 51.7 Å². The summed E-state index contributed by atoms with van der Waals surface area (Å²) in [5.41, 5.74) is 4.46. The van der Waals surface area contributed by atoms with Crippen molar-refractivity contribution in [2.75, 3.05) is 33.9 Å². The van der Waals surface area contributed by atoms with Crippen LogP contribution in [0.15, 0.2) is 36.4 Å². The van der Waals surface area contributed by atoms with Crippen molar-refractivity contribution in [1.29, 1.82) is 0 Å². The summed E-state index contributed by atoms with van der Waals surface area (Å²) in [6.07, 6.45) is 3.94. The molecule has 2 atom stereocenters. The zero-order valence-electron chi connectivity index (χ0n) is 20.7. The van der Waals surface area contributed by atoms with Gasteiger partial charge >= 0.3 is 6.09 Å². The Hall–Kier alpha value is -2.73. The van der Waals surface area contributed by atoms with E-state index >= 15 is 0 Å². The number of ether oxygens (including phenoxy) is 3. The third-order valence-corrected chi connectivity index (χ3v) is 8.10. The van der Waals surface area contributed by atoms with Crippen molar-refractivity contribution in [3.05, 3.63) is 47.5 Å². The van der Waals surface area contributed by atoms with E-state index in [2.05, 4.69) is 48.3 Å². The largest absolute Gasteiger partial charge is 0.493 e. The summed E-state index contributed by atoms with van der Waals surface area (Å²) < 4.78 is 17.1. The molecular weight excluding hydrogens is 428 g/mol. The highest BCUT2D eigenvalue weighted by Gasteiger charge is 2.40. The minimum absolute atomic E-state index is 0.0107. The van der Waals surface area contributed by atoms with Crippen LogP contribution >= 0.6 is 0 Å². The Morgan fingerprint density at radius 1 is 1.09 bits per heavy atom. The predicted octanol–water partition coefficient (Wildman–Crippen LogP) is 5.20. The lowest BCUT2D eigenvalue weighted by Gasteiger charge is -2.44. The first-order valence-electron chi connectivity index (χ1n) is 12.4. The first kappa shape index (κ1) is 23.0. The standard InChI is InChI=1S/C28H36N2O4/c1-28(2)13-10-20-16-19(21-6-5-7-23(32-3)25(21)33-4)8-9-22(20)26(28)29-27(31)34-24-17-30-14-11-18(24)12-15-30/h5-9,16,18,24,26H,10-15,17H2,1-4H3,(H,29,31)/t24-,26?/m0/s1. The van der Waals surface area contributed by atoms with E-state index in [-0.39, 0.29) is 23.7 Å². The van der Waals surface area contributed by atoms with E-state index in [1.807, 2.05) is 12.1 Å². The molecule has 182 valence electrons. The molecule has 1 amide bonds. The molecular formula is C28H36N2O4. The fourth-order valence-corrected chi connectivity index (χ4v) is 6.01. The zero-order valence-corrected chi connectivity index (χ0v) is 20.7. The highest BCUT2D eigenvalue weighted by atomic mass is 16.6. The molecule has 6 rings (SSSR count). The number of aryl methyl sites for hydroxylation is 1. The Balaban J connectivity index is 1.38. The van der Waals surface area contributed by atoms with Crippen molar-refractivity contribution in [3.8, 4) is 22.6 Å². The molecule has 2 aromatic carbocycles. The smallest absolute Gasteiger partial charge is 0.407 e. The molecule has 2 bridgehead atoms. The van der Waals surface area contributed by atoms with Gasteiger partial charge in [-0.25, -0.2) is 4.79 Å². The minimum atomic E-state index is -0.289. The van der Waals surface area contributed by atoms with Crippen LogP contribution in [0.3, 0.4) is 0 Å². The van der Waals surface area contributed by atoms with Gasteiger partial charge in [-0.2, -0.15) is 0 Å². The number of nitrogens with one attached hydrogen (secondary N) is 1. The molecule has 1 aliphatic carbocycles. The summed E-state index contributed by atoms with van der Waals surface area (Å²) in [4.78, 5) is 15.4. The third-order valence-electron chi connectivity index (χ3n) is 8.10. The summed E-state index contributed by atoms with van der Waals surface area (Å²) in [5, 5.41) is 3.25. The van der Waals surface area contributed by atoms with Gasteiger partial charge in [0.2, 0.25) is 0 Å². The third kappa shape index (κ3) is 4.24. The van der Waals surface area contributed by atoms with Crippen LogP contribution in [-0.4, -0.2) is 51.0 Å². The zero-order chi connectivity index (χ0) is 23.9. The van der Waals surface area contributed by atoms with Gasteiger partial charge in [-0.1, -0.05) is 44.2 Å². The van der Waals surface area contributed by atoms with E-state index in [4.69, 9.17) is 14.2 Å². The normalized spacial score (nSPS) is 26.9. The SMILES string of the molecule is COc1cccc(-c2ccc3c(c2)CCC(C)(C)C3NC(=O)O[C@H]2CN3CCC2CC3)c1OC. The Bertz CT molecular complexity index is 1060. The highest BCUT2D eigenvalue weighted by Crippen LogP contribution is 2.46. The van der Waals surface area contributed by atoms with Gasteiger partial charge in [0.1, 0.15) is 6.10 Å². The number of alkyl carbamates (subject to hydrolysis) is 1. The summed E-state index contributed by atoms with van der Waals surface area (Å²) in [5.74, 6) is 1.95. The van der Waals surface area contributed by atoms with Gasteiger partial charge in [0.15, 0.2) is 11.5 Å². The first-order chi connectivity index (χ1) is 16.4.